The third kappa shape index (κ3) is 6.44. The summed E-state index contributed by atoms with van der Waals surface area (Å²) < 4.78 is 72.4. The Balaban J connectivity index is 0.000000509. The van der Waals surface area contributed by atoms with Gasteiger partial charge in [-0.05, 0) is 31.4 Å². The van der Waals surface area contributed by atoms with Crippen molar-refractivity contribution < 1.29 is 50.7 Å². The van der Waals surface area contributed by atoms with Gasteiger partial charge in [-0.25, -0.2) is 17.6 Å². The van der Waals surface area contributed by atoms with Gasteiger partial charge in [0.25, 0.3) is 0 Å². The van der Waals surface area contributed by atoms with E-state index < -0.39 is 63.8 Å². The first-order chi connectivity index (χ1) is 15.7. The Morgan fingerprint density at radius 1 is 1.12 bits per heavy atom. The molecule has 0 aromatic heterocycles. The molecular weight excluding hydrogens is 489 g/mol. The third-order valence-electron chi connectivity index (χ3n) is 5.57. The smallest absolute Gasteiger partial charge is 0.475 e. The number of alkyl halides is 3. The topological polar surface area (TPSA) is 161 Å². The Hall–Kier alpha value is -2.27. The van der Waals surface area contributed by atoms with Crippen molar-refractivity contribution >= 4 is 29.0 Å². The first-order valence-corrected chi connectivity index (χ1v) is 11.6. The first-order valence-electron chi connectivity index (χ1n) is 10.1. The molecule has 190 valence electrons. The van der Waals surface area contributed by atoms with Crippen LogP contribution in [0.1, 0.15) is 19.3 Å². The lowest BCUT2D eigenvalue weighted by Gasteiger charge is -2.38. The molecule has 0 unspecified atom stereocenters. The summed E-state index contributed by atoms with van der Waals surface area (Å²) in [6.45, 7) is 0.291. The molecule has 16 heteroatoms. The summed E-state index contributed by atoms with van der Waals surface area (Å²) in [5, 5.41) is 26.1. The maximum atomic E-state index is 14.0. The van der Waals surface area contributed by atoms with Gasteiger partial charge in [0.05, 0.1) is 11.9 Å². The largest absolute Gasteiger partial charge is 0.490 e. The van der Waals surface area contributed by atoms with Crippen molar-refractivity contribution in [2.45, 2.75) is 42.3 Å². The van der Waals surface area contributed by atoms with Gasteiger partial charge in [0.2, 0.25) is 15.9 Å². The lowest BCUT2D eigenvalue weighted by atomic mass is 9.77. The molecule has 0 saturated carbocycles. The Labute approximate surface area is 193 Å². The number of benzene rings is 1. The van der Waals surface area contributed by atoms with E-state index in [1.54, 1.807) is 0 Å². The SMILES string of the molecule is N[C@@H]1CCN(S(=O)(=O)c2ccccc2F)C[C@H]1C(=O)N1CCC[C@H]1B(O)O.O=C(O)C(F)(F)F. The number of sulfonamides is 1. The lowest BCUT2D eigenvalue weighted by Crippen LogP contribution is -2.57. The minimum Gasteiger partial charge on any atom is -0.475 e. The molecule has 0 bridgehead atoms. The van der Waals surface area contributed by atoms with Crippen LogP contribution in [0.2, 0.25) is 0 Å². The second kappa shape index (κ2) is 11.0. The highest BCUT2D eigenvalue weighted by Gasteiger charge is 2.44. The number of amides is 1. The summed E-state index contributed by atoms with van der Waals surface area (Å²) >= 11 is 0. The zero-order chi connectivity index (χ0) is 25.8. The molecule has 10 nitrogen and oxygen atoms in total. The number of rotatable bonds is 4. The standard InChI is InChI=1S/C16H23BFN3O5S.C2HF3O2/c18-12-4-1-2-5-14(12)27(25,26)20-9-7-13(19)11(10-20)16(22)21-8-3-6-15(21)17(23)24;3-2(4,5)1(6)7/h1-2,4-5,11,13,15,23-24H,3,6-10,19H2;(H,6,7)/t11-,13-,15+;/m1./s1. The number of aliphatic carboxylic acids is 1. The van der Waals surface area contributed by atoms with Gasteiger partial charge in [-0.15, -0.1) is 0 Å². The molecule has 2 aliphatic heterocycles. The van der Waals surface area contributed by atoms with Gasteiger partial charge < -0.3 is 25.8 Å². The zero-order valence-electron chi connectivity index (χ0n) is 17.7. The number of nitrogens with zero attached hydrogens (tertiary/aromatic N) is 2. The zero-order valence-corrected chi connectivity index (χ0v) is 18.5. The van der Waals surface area contributed by atoms with Crippen LogP contribution in [-0.2, 0) is 19.6 Å². The molecule has 1 aromatic carbocycles. The first kappa shape index (κ1) is 28.0. The van der Waals surface area contributed by atoms with Gasteiger partial charge in [0.1, 0.15) is 10.7 Å². The molecule has 34 heavy (non-hydrogen) atoms. The molecule has 3 rings (SSSR count). The van der Waals surface area contributed by atoms with E-state index in [0.717, 1.165) is 10.4 Å². The molecule has 5 N–H and O–H groups in total. The summed E-state index contributed by atoms with van der Waals surface area (Å²) in [7, 11) is -5.76. The van der Waals surface area contributed by atoms with Crippen molar-refractivity contribution in [3.8, 4) is 0 Å². The molecule has 0 spiro atoms. The van der Waals surface area contributed by atoms with E-state index in [0.29, 0.717) is 19.4 Å². The highest BCUT2D eigenvalue weighted by atomic mass is 32.2. The maximum absolute atomic E-state index is 14.0. The Kier molecular flexibility index (Phi) is 9.04. The van der Waals surface area contributed by atoms with E-state index in [-0.39, 0.29) is 19.5 Å². The average Bonchev–Trinajstić information content (AvgIpc) is 3.24. The van der Waals surface area contributed by atoms with E-state index in [9.17, 15) is 40.8 Å². The van der Waals surface area contributed by atoms with E-state index in [2.05, 4.69) is 0 Å². The predicted octanol–water partition coefficient (Wildman–Crippen LogP) is -0.200. The van der Waals surface area contributed by atoms with Crippen molar-refractivity contribution in [1.29, 1.82) is 0 Å². The van der Waals surface area contributed by atoms with Gasteiger partial charge in [0.15, 0.2) is 0 Å². The van der Waals surface area contributed by atoms with Gasteiger partial charge in [-0.1, -0.05) is 12.1 Å². The number of piperidine rings is 1. The quantitative estimate of drug-likeness (QED) is 0.318. The number of carboxylic acid groups (broad SMARTS) is 1. The third-order valence-corrected chi connectivity index (χ3v) is 7.47. The molecule has 2 heterocycles. The van der Waals surface area contributed by atoms with Crippen molar-refractivity contribution in [2.75, 3.05) is 19.6 Å². The number of carbonyl (C=O) groups is 2. The minimum atomic E-state index is -5.08. The average molecular weight is 513 g/mol. The number of halogens is 4. The number of hydrogen-bond donors (Lipinski definition) is 4. The highest BCUT2D eigenvalue weighted by Crippen LogP contribution is 2.28. The van der Waals surface area contributed by atoms with E-state index in [1.165, 1.54) is 23.1 Å². The summed E-state index contributed by atoms with van der Waals surface area (Å²) in [4.78, 5) is 22.8. The molecule has 0 aliphatic carbocycles. The number of hydrogen-bond acceptors (Lipinski definition) is 7. The number of carbonyl (C=O) groups excluding carboxylic acids is 1. The summed E-state index contributed by atoms with van der Waals surface area (Å²) in [5.74, 6) is -5.54. The van der Waals surface area contributed by atoms with Crippen LogP contribution in [0.15, 0.2) is 29.2 Å². The van der Waals surface area contributed by atoms with Crippen LogP contribution in [0.5, 0.6) is 0 Å². The van der Waals surface area contributed by atoms with Crippen molar-refractivity contribution in [2.24, 2.45) is 11.7 Å². The maximum Gasteiger partial charge on any atom is 0.490 e. The van der Waals surface area contributed by atoms with Crippen molar-refractivity contribution in [1.82, 2.24) is 9.21 Å². The Morgan fingerprint density at radius 2 is 1.71 bits per heavy atom. The fourth-order valence-electron chi connectivity index (χ4n) is 3.80. The number of carboxylic acids is 1. The van der Waals surface area contributed by atoms with Crippen LogP contribution < -0.4 is 5.73 Å². The number of likely N-dealkylation sites (tertiary alicyclic amines) is 1. The predicted molar refractivity (Wildman–Crippen MR) is 110 cm³/mol. The molecule has 1 aromatic rings. The molecule has 0 radical (unpaired) electrons. The van der Waals surface area contributed by atoms with E-state index in [1.807, 2.05) is 0 Å². The van der Waals surface area contributed by atoms with Crippen molar-refractivity contribution in [3.05, 3.63) is 30.1 Å². The van der Waals surface area contributed by atoms with Crippen LogP contribution in [0.4, 0.5) is 17.6 Å². The summed E-state index contributed by atoms with van der Waals surface area (Å²) in [6.07, 6.45) is -3.74. The minimum absolute atomic E-state index is 0.0909. The molecule has 2 fully saturated rings. The summed E-state index contributed by atoms with van der Waals surface area (Å²) in [6, 6.07) is 4.55. The Morgan fingerprint density at radius 3 is 2.24 bits per heavy atom. The Bertz CT molecular complexity index is 996. The van der Waals surface area contributed by atoms with Crippen molar-refractivity contribution in [3.63, 3.8) is 0 Å². The number of nitrogens with two attached hydrogens (primary N) is 1. The van der Waals surface area contributed by atoms with Crippen LogP contribution in [0.25, 0.3) is 0 Å². The van der Waals surface area contributed by atoms with Crippen LogP contribution in [-0.4, -0.2) is 89.6 Å². The highest BCUT2D eigenvalue weighted by molar-refractivity contribution is 7.89. The molecule has 2 saturated heterocycles. The van der Waals surface area contributed by atoms with E-state index in [4.69, 9.17) is 15.6 Å². The fourth-order valence-corrected chi connectivity index (χ4v) is 5.35. The molecule has 2 aliphatic rings. The van der Waals surface area contributed by atoms with Crippen LogP contribution in [0, 0.1) is 11.7 Å². The lowest BCUT2D eigenvalue weighted by molar-refractivity contribution is -0.192. The van der Waals surface area contributed by atoms with Crippen LogP contribution in [0.3, 0.4) is 0 Å². The molecule has 3 atom stereocenters. The van der Waals surface area contributed by atoms with Gasteiger partial charge >= 0.3 is 19.3 Å². The fraction of sp³-hybridized carbons (Fsp3) is 0.556. The van der Waals surface area contributed by atoms with Gasteiger partial charge in [-0.2, -0.15) is 17.5 Å². The monoisotopic (exact) mass is 513 g/mol. The normalized spacial score (nSPS) is 23.7. The second-order valence-corrected chi connectivity index (χ2v) is 9.72. The van der Waals surface area contributed by atoms with Gasteiger partial charge in [0, 0.05) is 25.7 Å². The second-order valence-electron chi connectivity index (χ2n) is 7.81. The van der Waals surface area contributed by atoms with Gasteiger partial charge in [-0.3, -0.25) is 4.79 Å². The van der Waals surface area contributed by atoms with Crippen LogP contribution >= 0.6 is 0 Å². The van der Waals surface area contributed by atoms with E-state index >= 15 is 0 Å². The summed E-state index contributed by atoms with van der Waals surface area (Å²) in [5.41, 5.74) is 6.08. The molecular formula is C18H24BF4N3O7S. The molecule has 1 amide bonds.